The molecule has 16 heavy (non-hydrogen) atoms. The molecule has 0 atom stereocenters. The summed E-state index contributed by atoms with van der Waals surface area (Å²) in [4.78, 5) is 11.4. The minimum atomic E-state index is 0.165. The highest BCUT2D eigenvalue weighted by Crippen LogP contribution is 2.29. The predicted octanol–water partition coefficient (Wildman–Crippen LogP) is 3.06. The lowest BCUT2D eigenvalue weighted by Crippen LogP contribution is -2.26. The van der Waals surface area contributed by atoms with Crippen LogP contribution in [-0.2, 0) is 11.2 Å². The molecular weight excluding hydrogens is 245 g/mol. The van der Waals surface area contributed by atoms with Crippen molar-refractivity contribution in [3.63, 3.8) is 0 Å². The van der Waals surface area contributed by atoms with Gasteiger partial charge in [-0.05, 0) is 30.9 Å². The largest absolute Gasteiger partial charge is 0.356 e. The number of carbonyl (C=O) groups excluding carboxylic acids is 1. The summed E-state index contributed by atoms with van der Waals surface area (Å²) >= 11 is 11.9. The molecule has 1 saturated carbocycles. The van der Waals surface area contributed by atoms with Crippen LogP contribution >= 0.6 is 23.2 Å². The molecule has 1 fully saturated rings. The first-order valence-corrected chi connectivity index (χ1v) is 6.14. The van der Waals surface area contributed by atoms with Crippen LogP contribution < -0.4 is 5.32 Å². The standard InChI is InChI=1S/C12H13Cl2NO/c13-10-3-1-2-8(11(10)14)6-7-15-12(16)9-4-5-9/h1-3,9H,4-7H2,(H,15,16). The summed E-state index contributed by atoms with van der Waals surface area (Å²) in [6, 6.07) is 5.56. The van der Waals surface area contributed by atoms with E-state index in [0.717, 1.165) is 24.8 Å². The summed E-state index contributed by atoms with van der Waals surface area (Å²) < 4.78 is 0. The van der Waals surface area contributed by atoms with Gasteiger partial charge in [-0.1, -0.05) is 35.3 Å². The first-order valence-electron chi connectivity index (χ1n) is 5.39. The monoisotopic (exact) mass is 257 g/mol. The van der Waals surface area contributed by atoms with Crippen LogP contribution in [0.4, 0.5) is 0 Å². The molecule has 1 aromatic rings. The molecule has 1 aliphatic carbocycles. The van der Waals surface area contributed by atoms with E-state index in [1.54, 1.807) is 6.07 Å². The average Bonchev–Trinajstić information content (AvgIpc) is 3.07. The molecule has 1 aromatic carbocycles. The van der Waals surface area contributed by atoms with E-state index in [4.69, 9.17) is 23.2 Å². The van der Waals surface area contributed by atoms with E-state index in [1.807, 2.05) is 12.1 Å². The molecule has 2 rings (SSSR count). The Kier molecular flexibility index (Phi) is 3.72. The lowest BCUT2D eigenvalue weighted by atomic mass is 10.1. The fourth-order valence-electron chi connectivity index (χ4n) is 1.55. The lowest BCUT2D eigenvalue weighted by molar-refractivity contribution is -0.122. The molecule has 1 N–H and O–H groups in total. The Morgan fingerprint density at radius 2 is 2.12 bits per heavy atom. The summed E-state index contributed by atoms with van der Waals surface area (Å²) in [6.07, 6.45) is 2.78. The SMILES string of the molecule is O=C(NCCc1cccc(Cl)c1Cl)C1CC1. The second-order valence-electron chi connectivity index (χ2n) is 4.03. The molecule has 1 amide bonds. The lowest BCUT2D eigenvalue weighted by Gasteiger charge is -2.07. The van der Waals surface area contributed by atoms with Gasteiger partial charge < -0.3 is 5.32 Å². The highest BCUT2D eigenvalue weighted by Gasteiger charge is 2.28. The molecule has 86 valence electrons. The van der Waals surface area contributed by atoms with Gasteiger partial charge in [0.1, 0.15) is 0 Å². The summed E-state index contributed by atoms with van der Waals surface area (Å²) in [5, 5.41) is 4.05. The molecule has 0 aromatic heterocycles. The first-order chi connectivity index (χ1) is 7.68. The van der Waals surface area contributed by atoms with Gasteiger partial charge in [0, 0.05) is 12.5 Å². The molecule has 0 unspecified atom stereocenters. The maximum Gasteiger partial charge on any atom is 0.223 e. The van der Waals surface area contributed by atoms with Crippen LogP contribution in [0.5, 0.6) is 0 Å². The fraction of sp³-hybridized carbons (Fsp3) is 0.417. The Morgan fingerprint density at radius 1 is 1.38 bits per heavy atom. The van der Waals surface area contributed by atoms with Crippen LogP contribution in [0, 0.1) is 5.92 Å². The van der Waals surface area contributed by atoms with Crippen LogP contribution in [0.15, 0.2) is 18.2 Å². The molecule has 0 bridgehead atoms. The molecule has 0 heterocycles. The van der Waals surface area contributed by atoms with E-state index in [0.29, 0.717) is 16.6 Å². The molecule has 0 aliphatic heterocycles. The zero-order valence-electron chi connectivity index (χ0n) is 8.80. The highest BCUT2D eigenvalue weighted by atomic mass is 35.5. The predicted molar refractivity (Wildman–Crippen MR) is 65.9 cm³/mol. The van der Waals surface area contributed by atoms with E-state index in [2.05, 4.69) is 5.32 Å². The van der Waals surface area contributed by atoms with Gasteiger partial charge in [0.15, 0.2) is 0 Å². The molecule has 0 radical (unpaired) electrons. The second-order valence-corrected chi connectivity index (χ2v) is 4.81. The Hall–Kier alpha value is -0.730. The Balaban J connectivity index is 1.84. The van der Waals surface area contributed by atoms with Crippen molar-refractivity contribution in [2.45, 2.75) is 19.3 Å². The van der Waals surface area contributed by atoms with Crippen molar-refractivity contribution in [3.8, 4) is 0 Å². The maximum absolute atomic E-state index is 11.4. The van der Waals surface area contributed by atoms with Gasteiger partial charge in [0.05, 0.1) is 10.0 Å². The van der Waals surface area contributed by atoms with E-state index in [1.165, 1.54) is 0 Å². The van der Waals surface area contributed by atoms with Gasteiger partial charge in [0.2, 0.25) is 5.91 Å². The minimum Gasteiger partial charge on any atom is -0.356 e. The molecule has 0 saturated heterocycles. The van der Waals surface area contributed by atoms with Crippen molar-refractivity contribution in [1.29, 1.82) is 0 Å². The molecule has 2 nitrogen and oxygen atoms in total. The van der Waals surface area contributed by atoms with Crippen molar-refractivity contribution in [1.82, 2.24) is 5.32 Å². The average molecular weight is 258 g/mol. The van der Waals surface area contributed by atoms with Crippen LogP contribution in [0.1, 0.15) is 18.4 Å². The Bertz CT molecular complexity index is 402. The van der Waals surface area contributed by atoms with E-state index >= 15 is 0 Å². The number of amides is 1. The number of hydrogen-bond donors (Lipinski definition) is 1. The van der Waals surface area contributed by atoms with Gasteiger partial charge in [-0.25, -0.2) is 0 Å². The molecule has 4 heteroatoms. The van der Waals surface area contributed by atoms with E-state index in [-0.39, 0.29) is 11.8 Å². The summed E-state index contributed by atoms with van der Waals surface area (Å²) in [7, 11) is 0. The highest BCUT2D eigenvalue weighted by molar-refractivity contribution is 6.42. The smallest absolute Gasteiger partial charge is 0.223 e. The first kappa shape index (κ1) is 11.7. The van der Waals surface area contributed by atoms with Crippen LogP contribution in [-0.4, -0.2) is 12.5 Å². The third-order valence-corrected chi connectivity index (χ3v) is 3.53. The maximum atomic E-state index is 11.4. The normalized spacial score (nSPS) is 14.9. The number of hydrogen-bond acceptors (Lipinski definition) is 1. The zero-order chi connectivity index (χ0) is 11.5. The molecule has 1 aliphatic rings. The number of benzene rings is 1. The number of halogens is 2. The molecule has 0 spiro atoms. The van der Waals surface area contributed by atoms with Crippen molar-refractivity contribution < 1.29 is 4.79 Å². The number of rotatable bonds is 4. The third-order valence-electron chi connectivity index (χ3n) is 2.67. The van der Waals surface area contributed by atoms with Gasteiger partial charge in [-0.3, -0.25) is 4.79 Å². The van der Waals surface area contributed by atoms with Crippen molar-refractivity contribution >= 4 is 29.1 Å². The topological polar surface area (TPSA) is 29.1 Å². The van der Waals surface area contributed by atoms with E-state index < -0.39 is 0 Å². The third kappa shape index (κ3) is 2.89. The van der Waals surface area contributed by atoms with Crippen molar-refractivity contribution in [2.24, 2.45) is 5.92 Å². The minimum absolute atomic E-state index is 0.165. The second kappa shape index (κ2) is 5.07. The van der Waals surface area contributed by atoms with Crippen LogP contribution in [0.25, 0.3) is 0 Å². The van der Waals surface area contributed by atoms with E-state index in [9.17, 15) is 4.79 Å². The van der Waals surface area contributed by atoms with Gasteiger partial charge in [-0.2, -0.15) is 0 Å². The fourth-order valence-corrected chi connectivity index (χ4v) is 1.97. The summed E-state index contributed by atoms with van der Waals surface area (Å²) in [6.45, 7) is 0.620. The quantitative estimate of drug-likeness (QED) is 0.883. The van der Waals surface area contributed by atoms with Crippen molar-refractivity contribution in [3.05, 3.63) is 33.8 Å². The Morgan fingerprint density at radius 3 is 2.81 bits per heavy atom. The summed E-state index contributed by atoms with van der Waals surface area (Å²) in [5.74, 6) is 0.424. The van der Waals surface area contributed by atoms with Crippen LogP contribution in [0.3, 0.4) is 0 Å². The zero-order valence-corrected chi connectivity index (χ0v) is 10.3. The molecular formula is C12H13Cl2NO. The number of carbonyl (C=O) groups is 1. The van der Waals surface area contributed by atoms with Gasteiger partial charge in [0.25, 0.3) is 0 Å². The Labute approximate surface area is 105 Å². The van der Waals surface area contributed by atoms with Gasteiger partial charge in [-0.15, -0.1) is 0 Å². The van der Waals surface area contributed by atoms with Crippen molar-refractivity contribution in [2.75, 3.05) is 6.54 Å². The van der Waals surface area contributed by atoms with Gasteiger partial charge >= 0.3 is 0 Å². The van der Waals surface area contributed by atoms with Crippen LogP contribution in [0.2, 0.25) is 10.0 Å². The number of nitrogens with one attached hydrogen (secondary N) is 1. The summed E-state index contributed by atoms with van der Waals surface area (Å²) in [5.41, 5.74) is 0.977.